The predicted octanol–water partition coefficient (Wildman–Crippen LogP) is 2.45. The number of hydrogen-bond acceptors (Lipinski definition) is 3. The second-order valence-corrected chi connectivity index (χ2v) is 4.41. The van der Waals surface area contributed by atoms with Crippen molar-refractivity contribution in [3.63, 3.8) is 0 Å². The normalized spacial score (nSPS) is 18.9. The second kappa shape index (κ2) is 5.67. The zero-order chi connectivity index (χ0) is 12.2. The van der Waals surface area contributed by atoms with Gasteiger partial charge in [-0.15, -0.1) is 0 Å². The highest BCUT2D eigenvalue weighted by molar-refractivity contribution is 9.12. The molecule has 0 unspecified atom stereocenters. The topological polar surface area (TPSA) is 39.1 Å². The van der Waals surface area contributed by atoms with E-state index in [-0.39, 0.29) is 4.48 Å². The Morgan fingerprint density at radius 3 is 2.44 bits per heavy atom. The average molecular weight is 300 g/mol. The number of halogens is 4. The molecule has 1 aliphatic heterocycles. The second-order valence-electron chi connectivity index (χ2n) is 3.55. The van der Waals surface area contributed by atoms with Crippen LogP contribution >= 0.6 is 15.9 Å². The standard InChI is InChI=1S/C9H13BrF3N3/c10-7(8(14)9(11,12)13)5-15-6-16-3-1-2-4-16/h5,14-15H,1-4,6H2/b7-5+,14-8?. The smallest absolute Gasteiger partial charge is 0.377 e. The number of hydrogen-bond donors (Lipinski definition) is 2. The highest BCUT2D eigenvalue weighted by Crippen LogP contribution is 2.23. The first-order valence-electron chi connectivity index (χ1n) is 4.89. The van der Waals surface area contributed by atoms with Crippen LogP contribution < -0.4 is 5.32 Å². The van der Waals surface area contributed by atoms with Crippen LogP contribution in [0.3, 0.4) is 0 Å². The zero-order valence-corrected chi connectivity index (χ0v) is 10.2. The van der Waals surface area contributed by atoms with Crippen molar-refractivity contribution in [2.24, 2.45) is 0 Å². The van der Waals surface area contributed by atoms with Crippen LogP contribution in [0.4, 0.5) is 13.2 Å². The SMILES string of the molecule is N=C(/C(Br)=C\NCN1CCCC1)C(F)(F)F. The van der Waals surface area contributed by atoms with Gasteiger partial charge in [0.15, 0.2) is 5.71 Å². The van der Waals surface area contributed by atoms with Crippen molar-refractivity contribution >= 4 is 21.6 Å². The van der Waals surface area contributed by atoms with Crippen molar-refractivity contribution < 1.29 is 13.2 Å². The molecule has 16 heavy (non-hydrogen) atoms. The first kappa shape index (κ1) is 13.5. The first-order valence-corrected chi connectivity index (χ1v) is 5.68. The molecule has 1 heterocycles. The van der Waals surface area contributed by atoms with Crippen molar-refractivity contribution in [3.8, 4) is 0 Å². The van der Waals surface area contributed by atoms with Gasteiger partial charge in [0.1, 0.15) is 0 Å². The first-order chi connectivity index (χ1) is 7.41. The molecule has 0 spiro atoms. The summed E-state index contributed by atoms with van der Waals surface area (Å²) >= 11 is 2.72. The lowest BCUT2D eigenvalue weighted by Crippen LogP contribution is -2.30. The largest absolute Gasteiger partial charge is 0.433 e. The monoisotopic (exact) mass is 299 g/mol. The number of likely N-dealkylation sites (tertiary alicyclic amines) is 1. The molecular formula is C9H13BrF3N3. The lowest BCUT2D eigenvalue weighted by molar-refractivity contribution is -0.0585. The van der Waals surface area contributed by atoms with Gasteiger partial charge in [-0.05, 0) is 41.9 Å². The summed E-state index contributed by atoms with van der Waals surface area (Å²) in [7, 11) is 0. The fraction of sp³-hybridized carbons (Fsp3) is 0.667. The third-order valence-electron chi connectivity index (χ3n) is 2.26. The Labute approximate surface area is 100 Å². The molecule has 0 atom stereocenters. The van der Waals surface area contributed by atoms with Crippen LogP contribution in [0.15, 0.2) is 10.7 Å². The molecule has 0 aromatic heterocycles. The Morgan fingerprint density at radius 2 is 1.94 bits per heavy atom. The molecule has 0 bridgehead atoms. The van der Waals surface area contributed by atoms with E-state index in [4.69, 9.17) is 5.41 Å². The molecular weight excluding hydrogens is 287 g/mol. The summed E-state index contributed by atoms with van der Waals surface area (Å²) in [6.07, 6.45) is -1.17. The Balaban J connectivity index is 2.35. The molecule has 3 nitrogen and oxygen atoms in total. The third-order valence-corrected chi connectivity index (χ3v) is 2.89. The van der Waals surface area contributed by atoms with Gasteiger partial charge in [-0.1, -0.05) is 0 Å². The average Bonchev–Trinajstić information content (AvgIpc) is 2.67. The third kappa shape index (κ3) is 4.13. The minimum absolute atomic E-state index is 0.279. The van der Waals surface area contributed by atoms with Crippen molar-refractivity contribution in [2.75, 3.05) is 19.8 Å². The number of nitrogens with one attached hydrogen (secondary N) is 2. The Bertz CT molecular complexity index is 282. The molecule has 0 saturated carbocycles. The van der Waals surface area contributed by atoms with Gasteiger partial charge in [0, 0.05) is 6.20 Å². The lowest BCUT2D eigenvalue weighted by atomic mass is 10.3. The molecule has 0 amide bonds. The summed E-state index contributed by atoms with van der Waals surface area (Å²) in [5.74, 6) is 0. The van der Waals surface area contributed by atoms with Gasteiger partial charge in [0.25, 0.3) is 0 Å². The Hall–Kier alpha value is -0.560. The van der Waals surface area contributed by atoms with E-state index < -0.39 is 11.9 Å². The van der Waals surface area contributed by atoms with Crippen LogP contribution in [-0.2, 0) is 0 Å². The molecule has 0 aromatic carbocycles. The predicted molar refractivity (Wildman–Crippen MR) is 59.6 cm³/mol. The number of rotatable bonds is 4. The van der Waals surface area contributed by atoms with Crippen LogP contribution in [0, 0.1) is 5.41 Å². The van der Waals surface area contributed by atoms with Gasteiger partial charge in [-0.25, -0.2) is 0 Å². The maximum atomic E-state index is 12.1. The molecule has 1 aliphatic rings. The molecule has 0 aromatic rings. The van der Waals surface area contributed by atoms with Crippen molar-refractivity contribution in [2.45, 2.75) is 19.0 Å². The fourth-order valence-corrected chi connectivity index (χ4v) is 1.80. The van der Waals surface area contributed by atoms with E-state index in [9.17, 15) is 13.2 Å². The lowest BCUT2D eigenvalue weighted by Gasteiger charge is -2.14. The highest BCUT2D eigenvalue weighted by Gasteiger charge is 2.35. The summed E-state index contributed by atoms with van der Waals surface area (Å²) in [6.45, 7) is 2.45. The van der Waals surface area contributed by atoms with Crippen LogP contribution in [0.25, 0.3) is 0 Å². The Kier molecular flexibility index (Phi) is 4.79. The molecule has 1 fully saturated rings. The van der Waals surface area contributed by atoms with Crippen LogP contribution in [0.1, 0.15) is 12.8 Å². The van der Waals surface area contributed by atoms with Gasteiger partial charge < -0.3 is 5.32 Å². The quantitative estimate of drug-likeness (QED) is 0.783. The van der Waals surface area contributed by atoms with Gasteiger partial charge in [-0.2, -0.15) is 13.2 Å². The van der Waals surface area contributed by atoms with E-state index in [0.29, 0.717) is 6.67 Å². The van der Waals surface area contributed by atoms with E-state index in [1.165, 1.54) is 6.20 Å². The summed E-state index contributed by atoms with van der Waals surface area (Å²) in [5.41, 5.74) is -1.37. The molecule has 1 rings (SSSR count). The van der Waals surface area contributed by atoms with Crippen LogP contribution in [0.5, 0.6) is 0 Å². The maximum Gasteiger partial charge on any atom is 0.433 e. The van der Waals surface area contributed by atoms with Crippen molar-refractivity contribution in [3.05, 3.63) is 10.7 Å². The van der Waals surface area contributed by atoms with E-state index in [0.717, 1.165) is 25.9 Å². The van der Waals surface area contributed by atoms with Gasteiger partial charge in [0.2, 0.25) is 0 Å². The number of nitrogens with zero attached hydrogens (tertiary/aromatic N) is 1. The molecule has 92 valence electrons. The number of alkyl halides is 3. The number of allylic oxidation sites excluding steroid dienone is 1. The highest BCUT2D eigenvalue weighted by atomic mass is 79.9. The van der Waals surface area contributed by atoms with E-state index in [2.05, 4.69) is 26.1 Å². The summed E-state index contributed by atoms with van der Waals surface area (Å²) in [4.78, 5) is 2.11. The minimum atomic E-state index is -4.61. The molecule has 2 N–H and O–H groups in total. The van der Waals surface area contributed by atoms with Crippen molar-refractivity contribution in [1.82, 2.24) is 10.2 Å². The fourth-order valence-electron chi connectivity index (χ4n) is 1.41. The summed E-state index contributed by atoms with van der Waals surface area (Å²) in [5, 5.41) is 9.60. The van der Waals surface area contributed by atoms with Gasteiger partial charge >= 0.3 is 6.18 Å². The van der Waals surface area contributed by atoms with E-state index in [1.54, 1.807) is 0 Å². The molecule has 0 aliphatic carbocycles. The summed E-state index contributed by atoms with van der Waals surface area (Å²) < 4.78 is 36.0. The zero-order valence-electron chi connectivity index (χ0n) is 8.57. The van der Waals surface area contributed by atoms with Crippen LogP contribution in [-0.4, -0.2) is 36.5 Å². The maximum absolute atomic E-state index is 12.1. The van der Waals surface area contributed by atoms with E-state index >= 15 is 0 Å². The van der Waals surface area contributed by atoms with Gasteiger partial charge in [0.05, 0.1) is 11.2 Å². The Morgan fingerprint density at radius 1 is 1.38 bits per heavy atom. The molecule has 0 radical (unpaired) electrons. The van der Waals surface area contributed by atoms with E-state index in [1.807, 2.05) is 0 Å². The van der Waals surface area contributed by atoms with Crippen LogP contribution in [0.2, 0.25) is 0 Å². The summed E-state index contributed by atoms with van der Waals surface area (Å²) in [6, 6.07) is 0. The molecule has 7 heteroatoms. The van der Waals surface area contributed by atoms with Gasteiger partial charge in [-0.3, -0.25) is 10.3 Å². The van der Waals surface area contributed by atoms with Crippen molar-refractivity contribution in [1.29, 1.82) is 5.41 Å². The minimum Gasteiger partial charge on any atom is -0.377 e. The molecule has 1 saturated heterocycles.